The van der Waals surface area contributed by atoms with E-state index in [1.165, 1.54) is 9.80 Å². The van der Waals surface area contributed by atoms with E-state index in [1.807, 2.05) is 0 Å². The molecule has 0 aliphatic carbocycles. The van der Waals surface area contributed by atoms with Crippen LogP contribution in [0.3, 0.4) is 0 Å². The molecule has 5 N–H and O–H groups in total. The minimum Gasteiger partial charge on any atom is -0.480 e. The van der Waals surface area contributed by atoms with E-state index >= 15 is 0 Å². The summed E-state index contributed by atoms with van der Waals surface area (Å²) < 4.78 is 15.6. The molecule has 0 aromatic heterocycles. The number of carbonyl (C=O) groups excluding carboxylic acids is 3. The van der Waals surface area contributed by atoms with Crippen LogP contribution in [0.2, 0.25) is 0 Å². The fourth-order valence-electron chi connectivity index (χ4n) is 3.92. The number of hydrogen-bond acceptors (Lipinski definition) is 9. The van der Waals surface area contributed by atoms with Crippen molar-refractivity contribution in [2.45, 2.75) is 116 Å². The van der Waals surface area contributed by atoms with Gasteiger partial charge in [0.1, 0.15) is 27.9 Å². The molecule has 0 bridgehead atoms. The number of rotatable bonds is 3. The standard InChI is InChI=1S/C16H28N2O6.C11H20N2O4/c1-14(2,3)23-12(21)17-16(11(19)20)7-9-18(10-8-16)13(22)24-15(4,5)6;1-10(2,3)17-9(16)13-6-4-11(12,5-7-13)8(14)15/h7-10H2,1-6H3,(H,17,21)(H,19,20);4-7,12H2,1-3H3,(H,14,15). The molecule has 14 nitrogen and oxygen atoms in total. The van der Waals surface area contributed by atoms with Crippen molar-refractivity contribution in [1.82, 2.24) is 15.1 Å². The van der Waals surface area contributed by atoms with Gasteiger partial charge in [-0.2, -0.15) is 0 Å². The maximum absolute atomic E-state index is 12.0. The van der Waals surface area contributed by atoms with Crippen LogP contribution < -0.4 is 11.1 Å². The Kier molecular flexibility index (Phi) is 11.4. The molecule has 0 atom stereocenters. The van der Waals surface area contributed by atoms with Crippen LogP contribution >= 0.6 is 0 Å². The first-order chi connectivity index (χ1) is 18.4. The van der Waals surface area contributed by atoms with Crippen LogP contribution in [-0.4, -0.2) is 104 Å². The van der Waals surface area contributed by atoms with Crippen LogP contribution in [0.4, 0.5) is 14.4 Å². The van der Waals surface area contributed by atoms with Gasteiger partial charge in [-0.3, -0.25) is 4.79 Å². The van der Waals surface area contributed by atoms with Crippen LogP contribution in [0.1, 0.15) is 88.0 Å². The smallest absolute Gasteiger partial charge is 0.410 e. The number of amides is 3. The lowest BCUT2D eigenvalue weighted by Crippen LogP contribution is -2.61. The van der Waals surface area contributed by atoms with Crippen molar-refractivity contribution in [2.75, 3.05) is 26.2 Å². The van der Waals surface area contributed by atoms with Crippen LogP contribution in [0.5, 0.6) is 0 Å². The highest BCUT2D eigenvalue weighted by atomic mass is 16.6. The monoisotopic (exact) mass is 588 g/mol. The number of alkyl carbamates (subject to hydrolysis) is 1. The van der Waals surface area contributed by atoms with E-state index in [1.54, 1.807) is 62.3 Å². The van der Waals surface area contributed by atoms with Gasteiger partial charge < -0.3 is 45.3 Å². The minimum absolute atomic E-state index is 0.0841. The van der Waals surface area contributed by atoms with E-state index in [0.29, 0.717) is 13.1 Å². The second-order valence-corrected chi connectivity index (χ2v) is 13.4. The topological polar surface area (TPSA) is 198 Å². The number of nitrogens with two attached hydrogens (primary N) is 1. The molecular weight excluding hydrogens is 540 g/mol. The van der Waals surface area contributed by atoms with Crippen LogP contribution in [0.15, 0.2) is 0 Å². The number of likely N-dealkylation sites (tertiary alicyclic amines) is 2. The van der Waals surface area contributed by atoms with Gasteiger partial charge in [0.15, 0.2) is 0 Å². The molecule has 236 valence electrons. The molecule has 0 aromatic carbocycles. The Labute approximate surface area is 241 Å². The first-order valence-corrected chi connectivity index (χ1v) is 13.6. The minimum atomic E-state index is -1.44. The highest BCUT2D eigenvalue weighted by Crippen LogP contribution is 2.25. The Hall–Kier alpha value is -3.29. The summed E-state index contributed by atoms with van der Waals surface area (Å²) in [7, 11) is 0. The Bertz CT molecular complexity index is 962. The number of nitrogens with zero attached hydrogens (tertiary/aromatic N) is 2. The SMILES string of the molecule is CC(C)(C)OC(=O)N1CCC(N)(C(=O)O)CC1.CC(C)(C)OC(=O)NC1(C(=O)O)CCN(C(=O)OC(C)(C)C)CC1. The van der Waals surface area contributed by atoms with Crippen molar-refractivity contribution in [3.63, 3.8) is 0 Å². The van der Waals surface area contributed by atoms with E-state index in [2.05, 4.69) is 5.32 Å². The number of ether oxygens (including phenoxy) is 3. The summed E-state index contributed by atoms with van der Waals surface area (Å²) in [5.41, 5.74) is 1.18. The number of hydrogen-bond donors (Lipinski definition) is 4. The normalized spacial score (nSPS) is 18.7. The molecule has 41 heavy (non-hydrogen) atoms. The van der Waals surface area contributed by atoms with Gasteiger partial charge in [0, 0.05) is 26.2 Å². The second kappa shape index (κ2) is 13.1. The maximum Gasteiger partial charge on any atom is 0.410 e. The van der Waals surface area contributed by atoms with Crippen molar-refractivity contribution < 1.29 is 48.4 Å². The fourth-order valence-corrected chi connectivity index (χ4v) is 3.92. The Morgan fingerprint density at radius 1 is 0.634 bits per heavy atom. The van der Waals surface area contributed by atoms with Crippen molar-refractivity contribution in [3.8, 4) is 0 Å². The molecular formula is C27H48N4O10. The Morgan fingerprint density at radius 3 is 1.27 bits per heavy atom. The summed E-state index contributed by atoms with van der Waals surface area (Å²) in [6.07, 6.45) is -1.01. The van der Waals surface area contributed by atoms with Crippen LogP contribution in [0, 0.1) is 0 Å². The van der Waals surface area contributed by atoms with E-state index in [-0.39, 0.29) is 38.8 Å². The predicted molar refractivity (Wildman–Crippen MR) is 148 cm³/mol. The third-order valence-electron chi connectivity index (χ3n) is 6.15. The molecule has 2 rings (SSSR count). The summed E-state index contributed by atoms with van der Waals surface area (Å²) in [6, 6.07) is 0. The first-order valence-electron chi connectivity index (χ1n) is 13.6. The van der Waals surface area contributed by atoms with E-state index in [4.69, 9.17) is 25.1 Å². The number of nitrogens with one attached hydrogen (secondary N) is 1. The summed E-state index contributed by atoms with van der Waals surface area (Å²) >= 11 is 0. The largest absolute Gasteiger partial charge is 0.480 e. The second-order valence-electron chi connectivity index (χ2n) is 13.4. The number of carboxylic acids is 2. The highest BCUT2D eigenvalue weighted by Gasteiger charge is 2.45. The van der Waals surface area contributed by atoms with Gasteiger partial charge in [-0.25, -0.2) is 19.2 Å². The Morgan fingerprint density at radius 2 is 0.976 bits per heavy atom. The average Bonchev–Trinajstić information content (AvgIpc) is 2.76. The van der Waals surface area contributed by atoms with E-state index in [0.717, 1.165) is 0 Å². The summed E-state index contributed by atoms with van der Waals surface area (Å²) in [6.45, 7) is 16.8. The number of carboxylic acid groups (broad SMARTS) is 2. The van der Waals surface area contributed by atoms with Crippen LogP contribution in [-0.2, 0) is 23.8 Å². The molecule has 14 heteroatoms. The van der Waals surface area contributed by atoms with Gasteiger partial charge >= 0.3 is 30.2 Å². The summed E-state index contributed by atoms with van der Waals surface area (Å²) in [4.78, 5) is 61.2. The molecule has 2 aliphatic rings. The molecule has 2 fully saturated rings. The number of piperidine rings is 2. The zero-order valence-corrected chi connectivity index (χ0v) is 25.8. The average molecular weight is 589 g/mol. The summed E-state index contributed by atoms with van der Waals surface area (Å²) in [5.74, 6) is -2.15. The first kappa shape index (κ1) is 35.7. The zero-order valence-electron chi connectivity index (χ0n) is 25.8. The molecule has 0 aromatic rings. The van der Waals surface area contributed by atoms with E-state index in [9.17, 15) is 29.1 Å². The molecule has 2 heterocycles. The fraction of sp³-hybridized carbons (Fsp3) is 0.815. The van der Waals surface area contributed by atoms with Crippen molar-refractivity contribution in [1.29, 1.82) is 0 Å². The molecule has 3 amide bonds. The molecule has 0 unspecified atom stereocenters. The quantitative estimate of drug-likeness (QED) is 0.353. The lowest BCUT2D eigenvalue weighted by molar-refractivity contribution is -0.147. The molecule has 2 aliphatic heterocycles. The molecule has 0 saturated carbocycles. The van der Waals surface area contributed by atoms with Gasteiger partial charge in [-0.15, -0.1) is 0 Å². The third kappa shape index (κ3) is 12.0. The van der Waals surface area contributed by atoms with Crippen molar-refractivity contribution in [3.05, 3.63) is 0 Å². The highest BCUT2D eigenvalue weighted by molar-refractivity contribution is 5.85. The maximum atomic E-state index is 12.0. The van der Waals surface area contributed by atoms with Gasteiger partial charge in [0.25, 0.3) is 0 Å². The lowest BCUT2D eigenvalue weighted by atomic mass is 9.88. The lowest BCUT2D eigenvalue weighted by Gasteiger charge is -2.39. The number of aliphatic carboxylic acids is 2. The van der Waals surface area contributed by atoms with Crippen LogP contribution in [0.25, 0.3) is 0 Å². The summed E-state index contributed by atoms with van der Waals surface area (Å²) in [5, 5.41) is 20.9. The van der Waals surface area contributed by atoms with Crippen molar-refractivity contribution >= 4 is 30.2 Å². The third-order valence-corrected chi connectivity index (χ3v) is 6.15. The van der Waals surface area contributed by atoms with Crippen molar-refractivity contribution in [2.24, 2.45) is 5.73 Å². The van der Waals surface area contributed by atoms with E-state index < -0.39 is 58.1 Å². The molecule has 0 spiro atoms. The van der Waals surface area contributed by atoms with Gasteiger partial charge in [-0.1, -0.05) is 0 Å². The predicted octanol–water partition coefficient (Wildman–Crippen LogP) is 3.16. The molecule has 0 radical (unpaired) electrons. The van der Waals surface area contributed by atoms with Gasteiger partial charge in [0.05, 0.1) is 0 Å². The van der Waals surface area contributed by atoms with Gasteiger partial charge in [-0.05, 0) is 88.0 Å². The molecule has 2 saturated heterocycles. The number of carbonyl (C=O) groups is 5. The van der Waals surface area contributed by atoms with Gasteiger partial charge in [0.2, 0.25) is 0 Å². The Balaban J connectivity index is 0.000000435. The zero-order chi connectivity index (χ0) is 32.0.